The van der Waals surface area contributed by atoms with Gasteiger partial charge in [-0.25, -0.2) is 4.98 Å². The van der Waals surface area contributed by atoms with Crippen molar-refractivity contribution in [2.45, 2.75) is 0 Å². The Morgan fingerprint density at radius 3 is 1.61 bits per heavy atom. The van der Waals surface area contributed by atoms with Crippen LogP contribution in [0.15, 0.2) is 146 Å². The molecule has 0 saturated heterocycles. The summed E-state index contributed by atoms with van der Waals surface area (Å²) in [5.74, 6) is 0. The Morgan fingerprint density at radius 1 is 0.388 bits per heavy atom. The molecular formula is C43H24N2S4. The largest absolute Gasteiger partial charge is 0.310 e. The molecule has 0 amide bonds. The molecule has 7 aromatic carbocycles. The average molecular weight is 697 g/mol. The second-order valence-electron chi connectivity index (χ2n) is 12.3. The summed E-state index contributed by atoms with van der Waals surface area (Å²) in [5.41, 5.74) is 5.69. The minimum atomic E-state index is 1.06. The molecule has 0 N–H and O–H groups in total. The van der Waals surface area contributed by atoms with E-state index in [9.17, 15) is 0 Å². The van der Waals surface area contributed by atoms with E-state index in [1.807, 2.05) is 34.0 Å². The van der Waals surface area contributed by atoms with Crippen molar-refractivity contribution >= 4 is 133 Å². The van der Waals surface area contributed by atoms with Crippen LogP contribution in [0.1, 0.15) is 0 Å². The van der Waals surface area contributed by atoms with Crippen LogP contribution < -0.4 is 4.90 Å². The van der Waals surface area contributed by atoms with E-state index >= 15 is 0 Å². The lowest BCUT2D eigenvalue weighted by atomic mass is 10.1. The molecule has 4 aromatic heterocycles. The minimum Gasteiger partial charge on any atom is -0.310 e. The highest BCUT2D eigenvalue weighted by molar-refractivity contribution is 7.28. The molecule has 0 bridgehead atoms. The van der Waals surface area contributed by atoms with Crippen molar-refractivity contribution in [3.05, 3.63) is 146 Å². The Kier molecular flexibility index (Phi) is 6.07. The van der Waals surface area contributed by atoms with E-state index in [0.717, 1.165) is 33.1 Å². The summed E-state index contributed by atoms with van der Waals surface area (Å²) in [6, 6.07) is 53.4. The third kappa shape index (κ3) is 4.32. The van der Waals surface area contributed by atoms with Gasteiger partial charge in [0.05, 0.1) is 10.2 Å². The van der Waals surface area contributed by atoms with Crippen molar-refractivity contribution < 1.29 is 0 Å². The maximum atomic E-state index is 5.08. The van der Waals surface area contributed by atoms with Crippen LogP contribution >= 0.6 is 45.3 Å². The molecule has 0 spiro atoms. The van der Waals surface area contributed by atoms with Gasteiger partial charge in [-0.15, -0.1) is 45.3 Å². The van der Waals surface area contributed by atoms with E-state index in [0.29, 0.717) is 0 Å². The van der Waals surface area contributed by atoms with Crippen LogP contribution in [0.2, 0.25) is 0 Å². The molecule has 0 radical (unpaired) electrons. The summed E-state index contributed by atoms with van der Waals surface area (Å²) in [5, 5.41) is 8.91. The Labute approximate surface area is 297 Å². The fourth-order valence-electron chi connectivity index (χ4n) is 7.23. The van der Waals surface area contributed by atoms with Gasteiger partial charge >= 0.3 is 0 Å². The summed E-state index contributed by atoms with van der Waals surface area (Å²) in [6.45, 7) is 0. The SMILES string of the molecule is c1ccc(-c2nc3ccc4sc5ccc(N(c6ccc7c(c6)sc6ccccc67)c6ccc7c(c6)sc6ccccc67)cc5c4c3s2)cc1. The Morgan fingerprint density at radius 2 is 0.918 bits per heavy atom. The van der Waals surface area contributed by atoms with E-state index < -0.39 is 0 Å². The number of anilines is 3. The number of rotatable bonds is 4. The third-order valence-corrected chi connectivity index (χ3v) is 14.0. The van der Waals surface area contributed by atoms with Crippen LogP contribution in [0.25, 0.3) is 81.3 Å². The first-order valence-corrected chi connectivity index (χ1v) is 19.5. The predicted molar refractivity (Wildman–Crippen MR) is 218 cm³/mol. The minimum absolute atomic E-state index is 1.06. The van der Waals surface area contributed by atoms with Gasteiger partial charge in [-0.2, -0.15) is 0 Å². The van der Waals surface area contributed by atoms with Crippen molar-refractivity contribution in [2.75, 3.05) is 4.90 Å². The first-order valence-electron chi connectivity index (χ1n) is 16.2. The zero-order valence-electron chi connectivity index (χ0n) is 25.9. The maximum Gasteiger partial charge on any atom is 0.124 e. The van der Waals surface area contributed by atoms with Crippen molar-refractivity contribution in [3.63, 3.8) is 0 Å². The molecule has 0 aliphatic rings. The number of thiazole rings is 1. The summed E-state index contributed by atoms with van der Waals surface area (Å²) in [6.07, 6.45) is 0. The standard InChI is InChI=1S/C43H24N2S4/c1-2-8-25(9-3-1)43-44-34-19-21-38-41(42(34)49-43)33-22-26(16-20-37(33)46-38)45(27-14-17-31-29-10-4-6-12-35(29)47-39(31)23-27)28-15-18-32-30-11-5-7-13-36(30)48-40(32)24-28/h1-24H. The molecule has 6 heteroatoms. The number of hydrogen-bond acceptors (Lipinski definition) is 6. The summed E-state index contributed by atoms with van der Waals surface area (Å²) in [4.78, 5) is 7.52. The molecule has 230 valence electrons. The van der Waals surface area contributed by atoms with Gasteiger partial charge in [0, 0.05) is 83.1 Å². The van der Waals surface area contributed by atoms with Crippen molar-refractivity contribution in [3.8, 4) is 10.6 Å². The molecule has 4 heterocycles. The molecule has 0 aliphatic carbocycles. The quantitative estimate of drug-likeness (QED) is 0.182. The maximum absolute atomic E-state index is 5.08. The van der Waals surface area contributed by atoms with E-state index in [1.165, 1.54) is 65.2 Å². The Hall–Kier alpha value is -5.11. The Bertz CT molecular complexity index is 2960. The second-order valence-corrected chi connectivity index (χ2v) is 16.6. The van der Waals surface area contributed by atoms with Crippen LogP contribution in [0.5, 0.6) is 0 Å². The van der Waals surface area contributed by atoms with Crippen LogP contribution in [0.4, 0.5) is 17.1 Å². The summed E-state index contributed by atoms with van der Waals surface area (Å²) < 4.78 is 9.09. The molecule has 49 heavy (non-hydrogen) atoms. The zero-order valence-corrected chi connectivity index (χ0v) is 29.1. The summed E-state index contributed by atoms with van der Waals surface area (Å²) >= 11 is 7.40. The predicted octanol–water partition coefficient (Wildman–Crippen LogP) is 14.5. The number of hydrogen-bond donors (Lipinski definition) is 0. The number of thiophene rings is 3. The molecule has 11 aromatic rings. The Balaban J connectivity index is 1.15. The second kappa shape index (κ2) is 10.7. The lowest BCUT2D eigenvalue weighted by Crippen LogP contribution is -2.09. The average Bonchev–Trinajstić information content (AvgIpc) is 3.92. The van der Waals surface area contributed by atoms with Crippen molar-refractivity contribution in [2.24, 2.45) is 0 Å². The van der Waals surface area contributed by atoms with Crippen LogP contribution in [0, 0.1) is 0 Å². The van der Waals surface area contributed by atoms with Crippen LogP contribution in [-0.4, -0.2) is 4.98 Å². The van der Waals surface area contributed by atoms with Gasteiger partial charge in [-0.1, -0.05) is 78.9 Å². The number of aromatic nitrogens is 1. The smallest absolute Gasteiger partial charge is 0.124 e. The lowest BCUT2D eigenvalue weighted by Gasteiger charge is -2.26. The van der Waals surface area contributed by atoms with Crippen LogP contribution in [0.3, 0.4) is 0 Å². The van der Waals surface area contributed by atoms with Gasteiger partial charge in [-0.3, -0.25) is 0 Å². The molecule has 0 fully saturated rings. The molecule has 0 atom stereocenters. The van der Waals surface area contributed by atoms with E-state index in [2.05, 4.69) is 150 Å². The first kappa shape index (κ1) is 27.8. The van der Waals surface area contributed by atoms with Gasteiger partial charge in [-0.05, 0) is 66.7 Å². The van der Waals surface area contributed by atoms with Crippen molar-refractivity contribution in [1.82, 2.24) is 4.98 Å². The monoisotopic (exact) mass is 696 g/mol. The molecule has 0 saturated carbocycles. The fourth-order valence-corrected chi connectivity index (χ4v) is 11.8. The van der Waals surface area contributed by atoms with E-state index in [4.69, 9.17) is 4.98 Å². The van der Waals surface area contributed by atoms with E-state index in [1.54, 1.807) is 11.3 Å². The number of benzene rings is 7. The van der Waals surface area contributed by atoms with Gasteiger partial charge < -0.3 is 4.90 Å². The van der Waals surface area contributed by atoms with Crippen molar-refractivity contribution in [1.29, 1.82) is 0 Å². The number of nitrogens with zero attached hydrogens (tertiary/aromatic N) is 2. The molecule has 11 rings (SSSR count). The lowest BCUT2D eigenvalue weighted by molar-refractivity contribution is 1.30. The third-order valence-electron chi connectivity index (χ3n) is 9.49. The number of fused-ring (bicyclic) bond motifs is 11. The van der Waals surface area contributed by atoms with Crippen LogP contribution in [-0.2, 0) is 0 Å². The fraction of sp³-hybridized carbons (Fsp3) is 0. The molecule has 0 aliphatic heterocycles. The normalized spacial score (nSPS) is 12.1. The highest BCUT2D eigenvalue weighted by Crippen LogP contribution is 2.47. The molecular weight excluding hydrogens is 673 g/mol. The van der Waals surface area contributed by atoms with Gasteiger partial charge in [0.1, 0.15) is 5.01 Å². The molecule has 0 unspecified atom stereocenters. The summed E-state index contributed by atoms with van der Waals surface area (Å²) in [7, 11) is 0. The van der Waals surface area contributed by atoms with Gasteiger partial charge in [0.15, 0.2) is 0 Å². The molecule has 2 nitrogen and oxygen atoms in total. The highest BCUT2D eigenvalue weighted by Gasteiger charge is 2.19. The van der Waals surface area contributed by atoms with Gasteiger partial charge in [0.25, 0.3) is 0 Å². The topological polar surface area (TPSA) is 16.1 Å². The zero-order chi connectivity index (χ0) is 32.1. The first-order chi connectivity index (χ1) is 24.2. The van der Waals surface area contributed by atoms with E-state index in [-0.39, 0.29) is 0 Å². The highest BCUT2D eigenvalue weighted by atomic mass is 32.1. The van der Waals surface area contributed by atoms with Gasteiger partial charge in [0.2, 0.25) is 0 Å².